The van der Waals surface area contributed by atoms with Crippen molar-refractivity contribution < 1.29 is 9.53 Å². The Morgan fingerprint density at radius 3 is 2.94 bits per heavy atom. The number of para-hydroxylation sites is 1. The number of thiazole rings is 2. The zero-order valence-corrected chi connectivity index (χ0v) is 19.7. The molecule has 1 aliphatic heterocycles. The number of anilines is 4. The van der Waals surface area contributed by atoms with Crippen LogP contribution in [0, 0.1) is 0 Å². The number of esters is 1. The average Bonchev–Trinajstić information content (AvgIpc) is 3.38. The highest BCUT2D eigenvalue weighted by Crippen LogP contribution is 2.49. The summed E-state index contributed by atoms with van der Waals surface area (Å²) in [7, 11) is 0. The number of aromatic nitrogens is 4. The van der Waals surface area contributed by atoms with Gasteiger partial charge < -0.3 is 15.0 Å². The van der Waals surface area contributed by atoms with E-state index < -0.39 is 5.97 Å². The van der Waals surface area contributed by atoms with Crippen LogP contribution in [0.2, 0.25) is 0 Å². The van der Waals surface area contributed by atoms with Gasteiger partial charge in [-0.1, -0.05) is 23.5 Å². The number of nitrogens with zero attached hydrogens (tertiary/aromatic N) is 5. The van der Waals surface area contributed by atoms with Crippen LogP contribution in [-0.4, -0.2) is 39.3 Å². The Morgan fingerprint density at radius 1 is 1.24 bits per heavy atom. The van der Waals surface area contributed by atoms with Gasteiger partial charge in [-0.25, -0.2) is 14.8 Å². The van der Waals surface area contributed by atoms with Gasteiger partial charge in [0.05, 0.1) is 16.8 Å². The van der Waals surface area contributed by atoms with Gasteiger partial charge in [0.1, 0.15) is 0 Å². The SMILES string of the molecule is CCOC(=O)c1csc(N2CCCc3c2nnc(Nc2nc4ccccc4s2)c3C2CC2)n1. The van der Waals surface area contributed by atoms with E-state index >= 15 is 0 Å². The fraction of sp³-hybridized carbons (Fsp3) is 0.348. The monoisotopic (exact) mass is 478 g/mol. The molecular weight excluding hydrogens is 456 g/mol. The maximum Gasteiger partial charge on any atom is 0.357 e. The van der Waals surface area contributed by atoms with E-state index in [2.05, 4.69) is 31.5 Å². The molecule has 0 spiro atoms. The summed E-state index contributed by atoms with van der Waals surface area (Å²) in [6.45, 7) is 2.92. The molecule has 1 aromatic carbocycles. The lowest BCUT2D eigenvalue weighted by molar-refractivity contribution is 0.0520. The molecule has 1 fully saturated rings. The first-order valence-corrected chi connectivity index (χ1v) is 12.8. The summed E-state index contributed by atoms with van der Waals surface area (Å²) in [5.41, 5.74) is 3.81. The Morgan fingerprint density at radius 2 is 2.12 bits per heavy atom. The number of rotatable bonds is 6. The summed E-state index contributed by atoms with van der Waals surface area (Å²) in [6, 6.07) is 8.13. The Kier molecular flexibility index (Phi) is 5.18. The molecule has 2 aliphatic rings. The number of hydrogen-bond donors (Lipinski definition) is 1. The van der Waals surface area contributed by atoms with Gasteiger partial charge in [-0.05, 0) is 50.7 Å². The van der Waals surface area contributed by atoms with Crippen LogP contribution in [0.1, 0.15) is 53.7 Å². The van der Waals surface area contributed by atoms with Crippen molar-refractivity contribution in [1.82, 2.24) is 20.2 Å². The minimum absolute atomic E-state index is 0.332. The van der Waals surface area contributed by atoms with Crippen LogP contribution in [-0.2, 0) is 11.2 Å². The highest BCUT2D eigenvalue weighted by atomic mass is 32.1. The summed E-state index contributed by atoms with van der Waals surface area (Å²) in [5, 5.41) is 16.0. The van der Waals surface area contributed by atoms with Crippen molar-refractivity contribution in [3.05, 3.63) is 46.5 Å². The van der Waals surface area contributed by atoms with Crippen molar-refractivity contribution in [3.8, 4) is 0 Å². The summed E-state index contributed by atoms with van der Waals surface area (Å²) in [6.07, 6.45) is 4.28. The van der Waals surface area contributed by atoms with Crippen LogP contribution in [0.4, 0.5) is 21.9 Å². The average molecular weight is 479 g/mol. The number of nitrogens with one attached hydrogen (secondary N) is 1. The predicted molar refractivity (Wildman–Crippen MR) is 130 cm³/mol. The van der Waals surface area contributed by atoms with Crippen molar-refractivity contribution in [2.45, 2.75) is 38.5 Å². The zero-order chi connectivity index (χ0) is 22.4. The summed E-state index contributed by atoms with van der Waals surface area (Å²) >= 11 is 3.06. The summed E-state index contributed by atoms with van der Waals surface area (Å²) < 4.78 is 6.24. The van der Waals surface area contributed by atoms with Crippen LogP contribution in [0.15, 0.2) is 29.6 Å². The van der Waals surface area contributed by atoms with E-state index in [1.807, 2.05) is 18.2 Å². The molecule has 6 rings (SSSR count). The molecule has 8 nitrogen and oxygen atoms in total. The fourth-order valence-electron chi connectivity index (χ4n) is 4.26. The lowest BCUT2D eigenvalue weighted by Gasteiger charge is -2.29. The van der Waals surface area contributed by atoms with E-state index in [0.29, 0.717) is 18.2 Å². The van der Waals surface area contributed by atoms with E-state index in [1.165, 1.54) is 22.5 Å². The van der Waals surface area contributed by atoms with Gasteiger partial charge in [0.2, 0.25) is 0 Å². The van der Waals surface area contributed by atoms with Gasteiger partial charge in [-0.15, -0.1) is 21.5 Å². The van der Waals surface area contributed by atoms with Crippen LogP contribution in [0.5, 0.6) is 0 Å². The summed E-state index contributed by atoms with van der Waals surface area (Å²) in [4.78, 5) is 23.4. The van der Waals surface area contributed by atoms with E-state index in [0.717, 1.165) is 64.3 Å². The van der Waals surface area contributed by atoms with Crippen molar-refractivity contribution in [2.24, 2.45) is 0 Å². The highest BCUT2D eigenvalue weighted by Gasteiger charge is 2.35. The van der Waals surface area contributed by atoms with E-state index in [1.54, 1.807) is 23.6 Å². The number of fused-ring (bicyclic) bond motifs is 2. The van der Waals surface area contributed by atoms with Gasteiger partial charge >= 0.3 is 5.97 Å². The molecule has 3 aromatic heterocycles. The second kappa shape index (κ2) is 8.35. The van der Waals surface area contributed by atoms with Crippen LogP contribution >= 0.6 is 22.7 Å². The predicted octanol–water partition coefficient (Wildman–Crippen LogP) is 5.42. The summed E-state index contributed by atoms with van der Waals surface area (Å²) in [5.74, 6) is 1.76. The number of ether oxygens (including phenoxy) is 1. The van der Waals surface area contributed by atoms with E-state index in [9.17, 15) is 4.79 Å². The van der Waals surface area contributed by atoms with Crippen LogP contribution in [0.25, 0.3) is 10.2 Å². The molecule has 0 radical (unpaired) electrons. The highest BCUT2D eigenvalue weighted by molar-refractivity contribution is 7.22. The van der Waals surface area contributed by atoms with Crippen molar-refractivity contribution >= 4 is 60.8 Å². The largest absolute Gasteiger partial charge is 0.461 e. The van der Waals surface area contributed by atoms with Gasteiger partial charge in [0.25, 0.3) is 0 Å². The number of carbonyl (C=O) groups excluding carboxylic acids is 1. The molecule has 0 unspecified atom stereocenters. The minimum Gasteiger partial charge on any atom is -0.461 e. The Labute approximate surface area is 198 Å². The molecule has 0 amide bonds. The maximum atomic E-state index is 12.1. The Hall–Kier alpha value is -3.11. The molecule has 0 bridgehead atoms. The molecule has 4 heterocycles. The molecule has 4 aromatic rings. The Bertz CT molecular complexity index is 1310. The standard InChI is InChI=1S/C23H22N6O2S2/c1-2-31-21(30)16-12-32-23(25-16)29-11-5-6-14-18(13-9-10-13)19(27-28-20(14)29)26-22-24-15-7-3-4-8-17(15)33-22/h3-4,7-8,12-13H,2,5-6,9-11H2,1H3,(H,24,26,27). The second-order valence-electron chi connectivity index (χ2n) is 8.14. The van der Waals surface area contributed by atoms with E-state index in [-0.39, 0.29) is 0 Å². The molecule has 1 aliphatic carbocycles. The molecule has 10 heteroatoms. The van der Waals surface area contributed by atoms with Crippen LogP contribution < -0.4 is 10.2 Å². The second-order valence-corrected chi connectivity index (χ2v) is 10.0. The molecular formula is C23H22N6O2S2. The number of hydrogen-bond acceptors (Lipinski definition) is 10. The third kappa shape index (κ3) is 3.83. The maximum absolute atomic E-state index is 12.1. The molecule has 1 N–H and O–H groups in total. The van der Waals surface area contributed by atoms with Crippen molar-refractivity contribution in [2.75, 3.05) is 23.4 Å². The normalized spacial score (nSPS) is 15.5. The molecule has 1 saturated carbocycles. The first-order valence-electron chi connectivity index (χ1n) is 11.1. The quantitative estimate of drug-likeness (QED) is 0.367. The molecule has 33 heavy (non-hydrogen) atoms. The number of benzene rings is 1. The molecule has 0 saturated heterocycles. The fourth-order valence-corrected chi connectivity index (χ4v) is 5.95. The van der Waals surface area contributed by atoms with Crippen molar-refractivity contribution in [3.63, 3.8) is 0 Å². The Balaban J connectivity index is 1.35. The van der Waals surface area contributed by atoms with Gasteiger partial charge in [-0.3, -0.25) is 0 Å². The van der Waals surface area contributed by atoms with Gasteiger partial charge in [0.15, 0.2) is 27.6 Å². The third-order valence-electron chi connectivity index (χ3n) is 5.87. The first kappa shape index (κ1) is 20.5. The van der Waals surface area contributed by atoms with Gasteiger partial charge in [0, 0.05) is 23.1 Å². The third-order valence-corrected chi connectivity index (χ3v) is 7.69. The number of carbonyl (C=O) groups is 1. The molecule has 0 atom stereocenters. The minimum atomic E-state index is -0.391. The lowest BCUT2D eigenvalue weighted by Crippen LogP contribution is -2.27. The lowest BCUT2D eigenvalue weighted by atomic mass is 9.97. The van der Waals surface area contributed by atoms with Crippen LogP contribution in [0.3, 0.4) is 0 Å². The zero-order valence-electron chi connectivity index (χ0n) is 18.1. The van der Waals surface area contributed by atoms with E-state index in [4.69, 9.17) is 9.72 Å². The van der Waals surface area contributed by atoms with Crippen molar-refractivity contribution in [1.29, 1.82) is 0 Å². The smallest absolute Gasteiger partial charge is 0.357 e. The topological polar surface area (TPSA) is 93.1 Å². The first-order chi connectivity index (χ1) is 16.2. The van der Waals surface area contributed by atoms with Gasteiger partial charge in [-0.2, -0.15) is 0 Å². The molecule has 168 valence electrons.